The molecule has 20 nitrogen and oxygen atoms in total. The standard InChI is InChI=1S/C52H36N12O8/c65-61(66)49-9-1-41(2-10-49)53-57-45-25-33-17-34(26-45)22-36-19-38(30-47(28-36)59-55-43-5-13-51(14-6-43)63(69)70)24-40-20-39(31-48(32-40)60-56-44-7-15-52(16-8-44)64(71)72)23-37-18-35(21-33)27-46(29-37)58-54-42-3-11-50(12-4-42)62(67)68/h1-20,25-32H,21-24H2. The van der Waals surface area contributed by atoms with Gasteiger partial charge in [0.15, 0.2) is 0 Å². The van der Waals surface area contributed by atoms with Gasteiger partial charge in [0.05, 0.1) is 65.2 Å². The predicted octanol–water partition coefficient (Wildman–Crippen LogP) is 15.7. The Bertz CT molecular complexity index is 2980. The van der Waals surface area contributed by atoms with Crippen LogP contribution in [0.15, 0.2) is 211 Å². The fourth-order valence-corrected chi connectivity index (χ4v) is 7.99. The second kappa shape index (κ2) is 21.0. The van der Waals surface area contributed by atoms with Crippen LogP contribution in [0.5, 0.6) is 0 Å². The number of benzene rings is 8. The molecule has 0 atom stereocenters. The van der Waals surface area contributed by atoms with Crippen molar-refractivity contribution in [1.29, 1.82) is 0 Å². The monoisotopic (exact) mass is 956 g/mol. The lowest BCUT2D eigenvalue weighted by atomic mass is 9.93. The zero-order chi connectivity index (χ0) is 50.1. The van der Waals surface area contributed by atoms with Gasteiger partial charge in [-0.15, -0.1) is 0 Å². The zero-order valence-corrected chi connectivity index (χ0v) is 37.6. The molecule has 8 bridgehead atoms. The molecule has 352 valence electrons. The smallest absolute Gasteiger partial charge is 0.258 e. The molecule has 0 heterocycles. The van der Waals surface area contributed by atoms with Gasteiger partial charge in [-0.1, -0.05) is 24.3 Å². The number of azo groups is 4. The third-order valence-electron chi connectivity index (χ3n) is 11.1. The second-order valence-electron chi connectivity index (χ2n) is 16.6. The SMILES string of the molecule is O=[N+]([O-])c1ccc(N=Nc2cc3cc(c2)Cc2cc(cc(N=Nc4ccc([N+](=O)[O-])cc4)c2)Cc2cc(cc(N=Nc4ccc([N+](=O)[O-])cc4)c2)Cc2cc(cc(N=Nc4ccc([N+](=O)[O-])cc4)c2)C3)cc1. The topological polar surface area (TPSA) is 271 Å². The molecule has 9 rings (SSSR count). The van der Waals surface area contributed by atoms with Crippen molar-refractivity contribution >= 4 is 68.2 Å². The molecule has 8 aromatic rings. The summed E-state index contributed by atoms with van der Waals surface area (Å²) in [6.45, 7) is 0. The van der Waals surface area contributed by atoms with Gasteiger partial charge in [-0.2, -0.15) is 40.9 Å². The molecule has 0 aromatic heterocycles. The lowest BCUT2D eigenvalue weighted by Crippen LogP contribution is -1.98. The van der Waals surface area contributed by atoms with E-state index in [2.05, 4.69) is 65.2 Å². The maximum absolute atomic E-state index is 11.3. The van der Waals surface area contributed by atoms with Crippen LogP contribution in [0.1, 0.15) is 44.5 Å². The van der Waals surface area contributed by atoms with E-state index in [1.807, 2.05) is 48.5 Å². The molecule has 0 aliphatic heterocycles. The third-order valence-corrected chi connectivity index (χ3v) is 11.1. The van der Waals surface area contributed by atoms with Crippen LogP contribution in [0.2, 0.25) is 0 Å². The Labute approximate surface area is 408 Å². The minimum Gasteiger partial charge on any atom is -0.258 e. The van der Waals surface area contributed by atoms with Crippen molar-refractivity contribution in [3.05, 3.63) is 255 Å². The summed E-state index contributed by atoms with van der Waals surface area (Å²) in [5.41, 5.74) is 10.7. The van der Waals surface area contributed by atoms with Gasteiger partial charge >= 0.3 is 0 Å². The Morgan fingerprint density at radius 2 is 0.389 bits per heavy atom. The van der Waals surface area contributed by atoms with Crippen LogP contribution in [0.3, 0.4) is 0 Å². The normalized spacial score (nSPS) is 12.4. The quantitative estimate of drug-likeness (QED) is 0.0643. The Kier molecular flexibility index (Phi) is 13.6. The van der Waals surface area contributed by atoms with E-state index < -0.39 is 19.7 Å². The third kappa shape index (κ3) is 12.3. The summed E-state index contributed by atoms with van der Waals surface area (Å²) in [7, 11) is 0. The fraction of sp³-hybridized carbons (Fsp3) is 0.0769. The first-order valence-corrected chi connectivity index (χ1v) is 22.0. The van der Waals surface area contributed by atoms with E-state index >= 15 is 0 Å². The summed E-state index contributed by atoms with van der Waals surface area (Å²) in [6, 6.07) is 46.7. The Morgan fingerprint density at radius 1 is 0.236 bits per heavy atom. The van der Waals surface area contributed by atoms with Crippen LogP contribution in [-0.4, -0.2) is 19.7 Å². The first kappa shape index (κ1) is 46.9. The van der Waals surface area contributed by atoms with Crippen LogP contribution in [0.25, 0.3) is 0 Å². The summed E-state index contributed by atoms with van der Waals surface area (Å²) in [5.74, 6) is 0. The summed E-state index contributed by atoms with van der Waals surface area (Å²) >= 11 is 0. The van der Waals surface area contributed by atoms with Crippen molar-refractivity contribution in [3.8, 4) is 0 Å². The fourth-order valence-electron chi connectivity index (χ4n) is 7.99. The second-order valence-corrected chi connectivity index (χ2v) is 16.6. The van der Waals surface area contributed by atoms with Crippen molar-refractivity contribution < 1.29 is 19.7 Å². The molecule has 0 amide bonds. The highest BCUT2D eigenvalue weighted by Crippen LogP contribution is 2.33. The van der Waals surface area contributed by atoms with E-state index in [0.29, 0.717) is 71.2 Å². The molecule has 0 saturated carbocycles. The van der Waals surface area contributed by atoms with E-state index in [4.69, 9.17) is 0 Å². The molecule has 72 heavy (non-hydrogen) atoms. The molecule has 8 aromatic carbocycles. The van der Waals surface area contributed by atoms with Crippen molar-refractivity contribution in [1.82, 2.24) is 0 Å². The molecule has 0 saturated heterocycles. The van der Waals surface area contributed by atoms with Crippen molar-refractivity contribution in [2.24, 2.45) is 40.9 Å². The average Bonchev–Trinajstić information content (AvgIpc) is 3.36. The minimum absolute atomic E-state index is 0.0708. The number of non-ortho nitro benzene ring substituents is 4. The Morgan fingerprint density at radius 3 is 0.542 bits per heavy atom. The highest BCUT2D eigenvalue weighted by molar-refractivity contribution is 5.56. The van der Waals surface area contributed by atoms with E-state index in [1.54, 1.807) is 0 Å². The minimum atomic E-state index is -0.485. The molecule has 20 heteroatoms. The van der Waals surface area contributed by atoms with Gasteiger partial charge in [0.25, 0.3) is 22.7 Å². The number of nitrogens with zero attached hydrogens (tertiary/aromatic N) is 12. The van der Waals surface area contributed by atoms with Gasteiger partial charge < -0.3 is 0 Å². The number of hydrogen-bond acceptors (Lipinski definition) is 16. The summed E-state index contributed by atoms with van der Waals surface area (Å²) < 4.78 is 0. The van der Waals surface area contributed by atoms with Crippen molar-refractivity contribution in [2.75, 3.05) is 0 Å². The number of fused-ring (bicyclic) bond motifs is 8. The number of nitro benzene ring substituents is 4. The van der Waals surface area contributed by atoms with Crippen molar-refractivity contribution in [3.63, 3.8) is 0 Å². The van der Waals surface area contributed by atoms with Crippen LogP contribution < -0.4 is 0 Å². The van der Waals surface area contributed by atoms with Gasteiger partial charge in [-0.3, -0.25) is 40.5 Å². The number of rotatable bonds is 12. The van der Waals surface area contributed by atoms with E-state index in [-0.39, 0.29) is 22.7 Å². The first-order valence-electron chi connectivity index (χ1n) is 22.0. The highest BCUT2D eigenvalue weighted by atomic mass is 16.6. The molecule has 0 unspecified atom stereocenters. The predicted molar refractivity (Wildman–Crippen MR) is 266 cm³/mol. The largest absolute Gasteiger partial charge is 0.269 e. The van der Waals surface area contributed by atoms with Crippen molar-refractivity contribution in [2.45, 2.75) is 25.7 Å². The lowest BCUT2D eigenvalue weighted by Gasteiger charge is -2.14. The average molecular weight is 957 g/mol. The van der Waals surface area contributed by atoms with Gasteiger partial charge in [0.2, 0.25) is 0 Å². The highest BCUT2D eigenvalue weighted by Gasteiger charge is 2.14. The number of nitro groups is 4. The number of hydrogen-bond donors (Lipinski definition) is 0. The molecule has 0 radical (unpaired) electrons. The molecule has 0 fully saturated rings. The first-order chi connectivity index (χ1) is 34.8. The van der Waals surface area contributed by atoms with Crippen LogP contribution in [0, 0.1) is 40.5 Å². The molecular formula is C52H36N12O8. The van der Waals surface area contributed by atoms with E-state index in [9.17, 15) is 40.5 Å². The molecule has 1 aliphatic rings. The van der Waals surface area contributed by atoms with Gasteiger partial charge in [-0.25, -0.2) is 0 Å². The van der Waals surface area contributed by atoms with Crippen LogP contribution >= 0.6 is 0 Å². The van der Waals surface area contributed by atoms with Gasteiger partial charge in [-0.05, 0) is 167 Å². The maximum Gasteiger partial charge on any atom is 0.269 e. The van der Waals surface area contributed by atoms with E-state index in [1.165, 1.54) is 97.1 Å². The zero-order valence-electron chi connectivity index (χ0n) is 37.6. The molecule has 0 N–H and O–H groups in total. The van der Waals surface area contributed by atoms with Gasteiger partial charge in [0.1, 0.15) is 0 Å². The molecule has 0 spiro atoms. The van der Waals surface area contributed by atoms with Crippen LogP contribution in [0.4, 0.5) is 68.2 Å². The molecule has 1 aliphatic carbocycles. The summed E-state index contributed by atoms with van der Waals surface area (Å²) in [5, 5.41) is 81.1. The van der Waals surface area contributed by atoms with Gasteiger partial charge in [0, 0.05) is 48.5 Å². The Balaban J connectivity index is 1.15. The summed E-state index contributed by atoms with van der Waals surface area (Å²) in [6.07, 6.45) is 1.69. The Hall–Kier alpha value is -10.2. The van der Waals surface area contributed by atoms with E-state index in [0.717, 1.165) is 44.5 Å². The molecular weight excluding hydrogens is 921 g/mol. The maximum atomic E-state index is 11.3. The van der Waals surface area contributed by atoms with Crippen LogP contribution in [-0.2, 0) is 25.7 Å². The lowest BCUT2D eigenvalue weighted by molar-refractivity contribution is -0.385. The summed E-state index contributed by atoms with van der Waals surface area (Å²) in [4.78, 5) is 43.2.